The van der Waals surface area contributed by atoms with Crippen LogP contribution >= 0.6 is 11.8 Å². The van der Waals surface area contributed by atoms with Gasteiger partial charge >= 0.3 is 0 Å². The fraction of sp³-hybridized carbons (Fsp3) is 0.125. The molecule has 3 rings (SSSR count). The van der Waals surface area contributed by atoms with Gasteiger partial charge in [-0.15, -0.1) is 11.8 Å². The Morgan fingerprint density at radius 1 is 0.879 bits per heavy atom. The van der Waals surface area contributed by atoms with Crippen molar-refractivity contribution in [1.29, 1.82) is 0 Å². The molecular weight excluding hydrogens is 442 g/mol. The molecule has 9 heteroatoms. The van der Waals surface area contributed by atoms with Crippen LogP contribution < -0.4 is 25.8 Å². The van der Waals surface area contributed by atoms with E-state index in [0.29, 0.717) is 28.4 Å². The number of amides is 3. The number of methoxy groups -OCH3 is 2. The molecule has 4 N–H and O–H groups in total. The lowest BCUT2D eigenvalue weighted by Crippen LogP contribution is -2.19. The van der Waals surface area contributed by atoms with Crippen LogP contribution in [0.1, 0.15) is 20.7 Å². The summed E-state index contributed by atoms with van der Waals surface area (Å²) in [5.41, 5.74) is 6.95. The number of ether oxygens (including phenoxy) is 2. The van der Waals surface area contributed by atoms with Gasteiger partial charge in [0, 0.05) is 16.1 Å². The lowest BCUT2D eigenvalue weighted by molar-refractivity contribution is -0.113. The Morgan fingerprint density at radius 2 is 1.64 bits per heavy atom. The van der Waals surface area contributed by atoms with E-state index in [1.165, 1.54) is 26.0 Å². The summed E-state index contributed by atoms with van der Waals surface area (Å²) in [6.45, 7) is 0. The summed E-state index contributed by atoms with van der Waals surface area (Å²) >= 11 is 1.29. The topological polar surface area (TPSA) is 120 Å². The van der Waals surface area contributed by atoms with Gasteiger partial charge in [0.15, 0.2) is 11.5 Å². The number of nitrogens with two attached hydrogens (primary N) is 1. The smallest absolute Gasteiger partial charge is 0.255 e. The second-order valence-corrected chi connectivity index (χ2v) is 7.85. The fourth-order valence-corrected chi connectivity index (χ4v) is 3.74. The fourth-order valence-electron chi connectivity index (χ4n) is 2.99. The van der Waals surface area contributed by atoms with E-state index in [9.17, 15) is 14.4 Å². The van der Waals surface area contributed by atoms with Crippen molar-refractivity contribution < 1.29 is 23.9 Å². The summed E-state index contributed by atoms with van der Waals surface area (Å²) in [6, 6.07) is 18.6. The predicted octanol–water partition coefficient (Wildman–Crippen LogP) is 3.79. The number of anilines is 2. The third-order valence-corrected chi connectivity index (χ3v) is 5.57. The summed E-state index contributed by atoms with van der Waals surface area (Å²) in [5.74, 6) is -0.105. The number of thioether (sulfide) groups is 1. The molecule has 0 aliphatic rings. The van der Waals surface area contributed by atoms with Crippen LogP contribution in [0.4, 0.5) is 11.4 Å². The van der Waals surface area contributed by atoms with Gasteiger partial charge in [-0.1, -0.05) is 18.2 Å². The van der Waals surface area contributed by atoms with Crippen molar-refractivity contribution in [2.45, 2.75) is 4.90 Å². The molecule has 170 valence electrons. The van der Waals surface area contributed by atoms with Gasteiger partial charge in [0.1, 0.15) is 0 Å². The first kappa shape index (κ1) is 23.7. The first-order valence-corrected chi connectivity index (χ1v) is 10.8. The molecule has 0 saturated heterocycles. The van der Waals surface area contributed by atoms with Crippen LogP contribution in [-0.2, 0) is 4.79 Å². The van der Waals surface area contributed by atoms with E-state index in [2.05, 4.69) is 10.6 Å². The van der Waals surface area contributed by atoms with Crippen molar-refractivity contribution in [3.8, 4) is 11.5 Å². The number of hydrogen-bond donors (Lipinski definition) is 3. The van der Waals surface area contributed by atoms with Crippen molar-refractivity contribution in [2.24, 2.45) is 5.73 Å². The average Bonchev–Trinajstić information content (AvgIpc) is 2.82. The van der Waals surface area contributed by atoms with Gasteiger partial charge in [-0.05, 0) is 48.5 Å². The van der Waals surface area contributed by atoms with Crippen LogP contribution in [0.3, 0.4) is 0 Å². The van der Waals surface area contributed by atoms with Crippen molar-refractivity contribution in [3.05, 3.63) is 77.9 Å². The standard InChI is InChI=1S/C24H23N3O5S/c1-31-20-11-10-15(12-21(20)32-2)24(30)26-16-6-5-7-17(13-16)33-14-22(28)27-19-9-4-3-8-18(19)23(25)29/h3-13H,14H2,1-2H3,(H2,25,29)(H,26,30)(H,27,28). The first-order valence-electron chi connectivity index (χ1n) is 9.86. The molecule has 0 fully saturated rings. The molecule has 0 spiro atoms. The highest BCUT2D eigenvalue weighted by Gasteiger charge is 2.13. The van der Waals surface area contributed by atoms with E-state index in [4.69, 9.17) is 15.2 Å². The van der Waals surface area contributed by atoms with Crippen LogP contribution in [0.25, 0.3) is 0 Å². The summed E-state index contributed by atoms with van der Waals surface area (Å²) < 4.78 is 10.4. The lowest BCUT2D eigenvalue weighted by Gasteiger charge is -2.11. The first-order chi connectivity index (χ1) is 15.9. The van der Waals surface area contributed by atoms with Crippen molar-refractivity contribution >= 4 is 40.9 Å². The Hall–Kier alpha value is -3.98. The number of hydrogen-bond acceptors (Lipinski definition) is 6. The number of nitrogens with one attached hydrogen (secondary N) is 2. The summed E-state index contributed by atoms with van der Waals surface area (Å²) in [4.78, 5) is 37.3. The highest BCUT2D eigenvalue weighted by Crippen LogP contribution is 2.28. The molecular formula is C24H23N3O5S. The molecule has 0 unspecified atom stereocenters. The number of rotatable bonds is 9. The van der Waals surface area contributed by atoms with Gasteiger partial charge in [-0.2, -0.15) is 0 Å². The SMILES string of the molecule is COc1ccc(C(=O)Nc2cccc(SCC(=O)Nc3ccccc3C(N)=O)c2)cc1OC. The highest BCUT2D eigenvalue weighted by atomic mass is 32.2. The molecule has 0 radical (unpaired) electrons. The Balaban J connectivity index is 1.61. The summed E-state index contributed by atoms with van der Waals surface area (Å²) in [5, 5.41) is 5.53. The number of para-hydroxylation sites is 1. The monoisotopic (exact) mass is 465 g/mol. The molecule has 8 nitrogen and oxygen atoms in total. The van der Waals surface area contributed by atoms with Gasteiger partial charge in [-0.25, -0.2) is 0 Å². The molecule has 0 heterocycles. The second-order valence-electron chi connectivity index (χ2n) is 6.80. The van der Waals surface area contributed by atoms with Crippen LogP contribution in [0.15, 0.2) is 71.6 Å². The van der Waals surface area contributed by atoms with Crippen LogP contribution in [0, 0.1) is 0 Å². The number of carbonyl (C=O) groups is 3. The molecule has 0 aliphatic carbocycles. The molecule has 3 aromatic rings. The number of carbonyl (C=O) groups excluding carboxylic acids is 3. The van der Waals surface area contributed by atoms with E-state index >= 15 is 0 Å². The van der Waals surface area contributed by atoms with Gasteiger partial charge < -0.3 is 25.8 Å². The van der Waals surface area contributed by atoms with Crippen molar-refractivity contribution in [3.63, 3.8) is 0 Å². The Morgan fingerprint density at radius 3 is 2.36 bits per heavy atom. The Kier molecular flexibility index (Phi) is 7.93. The maximum atomic E-state index is 12.6. The lowest BCUT2D eigenvalue weighted by atomic mass is 10.1. The number of primary amides is 1. The normalized spacial score (nSPS) is 10.2. The minimum Gasteiger partial charge on any atom is -0.493 e. The van der Waals surface area contributed by atoms with E-state index < -0.39 is 5.91 Å². The van der Waals surface area contributed by atoms with Gasteiger partial charge in [0.05, 0.1) is 31.2 Å². The summed E-state index contributed by atoms with van der Waals surface area (Å²) in [6.07, 6.45) is 0. The van der Waals surface area contributed by atoms with E-state index in [1.54, 1.807) is 60.7 Å². The van der Waals surface area contributed by atoms with E-state index in [1.807, 2.05) is 6.07 Å². The van der Waals surface area contributed by atoms with E-state index in [-0.39, 0.29) is 23.1 Å². The average molecular weight is 466 g/mol. The zero-order valence-electron chi connectivity index (χ0n) is 18.1. The zero-order chi connectivity index (χ0) is 23.8. The van der Waals surface area contributed by atoms with Crippen molar-refractivity contribution in [2.75, 3.05) is 30.6 Å². The quantitative estimate of drug-likeness (QED) is 0.414. The largest absolute Gasteiger partial charge is 0.493 e. The molecule has 33 heavy (non-hydrogen) atoms. The summed E-state index contributed by atoms with van der Waals surface area (Å²) in [7, 11) is 3.03. The molecule has 0 atom stereocenters. The minimum absolute atomic E-state index is 0.111. The third-order valence-electron chi connectivity index (χ3n) is 4.57. The molecule has 3 amide bonds. The molecule has 0 bridgehead atoms. The van der Waals surface area contributed by atoms with Gasteiger partial charge in [-0.3, -0.25) is 14.4 Å². The van der Waals surface area contributed by atoms with E-state index in [0.717, 1.165) is 4.90 Å². The van der Waals surface area contributed by atoms with Crippen LogP contribution in [-0.4, -0.2) is 37.7 Å². The maximum absolute atomic E-state index is 12.6. The highest BCUT2D eigenvalue weighted by molar-refractivity contribution is 8.00. The van der Waals surface area contributed by atoms with Crippen LogP contribution in [0.2, 0.25) is 0 Å². The molecule has 0 aromatic heterocycles. The van der Waals surface area contributed by atoms with Crippen LogP contribution in [0.5, 0.6) is 11.5 Å². The minimum atomic E-state index is -0.614. The van der Waals surface area contributed by atoms with Gasteiger partial charge in [0.25, 0.3) is 11.8 Å². The maximum Gasteiger partial charge on any atom is 0.255 e. The molecule has 0 aliphatic heterocycles. The molecule has 0 saturated carbocycles. The predicted molar refractivity (Wildman–Crippen MR) is 128 cm³/mol. The molecule has 3 aromatic carbocycles. The third kappa shape index (κ3) is 6.27. The Bertz CT molecular complexity index is 1180. The van der Waals surface area contributed by atoms with Gasteiger partial charge in [0.2, 0.25) is 5.91 Å². The number of benzene rings is 3. The van der Waals surface area contributed by atoms with Crippen molar-refractivity contribution in [1.82, 2.24) is 0 Å². The second kappa shape index (κ2) is 11.1. The Labute approximate surface area is 195 Å². The zero-order valence-corrected chi connectivity index (χ0v) is 18.9.